The van der Waals surface area contributed by atoms with Crippen LogP contribution < -0.4 is 0 Å². The second kappa shape index (κ2) is 5.30. The maximum atomic E-state index is 11.8. The van der Waals surface area contributed by atoms with Crippen LogP contribution in [-0.2, 0) is 10.0 Å². The molecular formula is C12H16N2O2S. The zero-order valence-electron chi connectivity index (χ0n) is 10.2. The van der Waals surface area contributed by atoms with Crippen molar-refractivity contribution in [3.8, 4) is 6.07 Å². The third-order valence-corrected chi connectivity index (χ3v) is 4.59. The molecule has 5 heteroatoms. The minimum atomic E-state index is -3.36. The van der Waals surface area contributed by atoms with Gasteiger partial charge >= 0.3 is 0 Å². The van der Waals surface area contributed by atoms with Gasteiger partial charge in [0.25, 0.3) is 0 Å². The molecule has 0 spiro atoms. The molecule has 1 aromatic rings. The topological polar surface area (TPSA) is 61.2 Å². The third kappa shape index (κ3) is 2.84. The van der Waals surface area contributed by atoms with Crippen molar-refractivity contribution in [2.45, 2.75) is 19.9 Å². The summed E-state index contributed by atoms with van der Waals surface area (Å²) in [7, 11) is -1.92. The lowest BCUT2D eigenvalue weighted by Crippen LogP contribution is -2.32. The van der Waals surface area contributed by atoms with E-state index in [-0.39, 0.29) is 5.75 Å². The average molecular weight is 252 g/mol. The van der Waals surface area contributed by atoms with Crippen LogP contribution >= 0.6 is 0 Å². The van der Waals surface area contributed by atoms with Gasteiger partial charge in [-0.25, -0.2) is 8.42 Å². The number of hydrogen-bond acceptors (Lipinski definition) is 3. The van der Waals surface area contributed by atoms with Gasteiger partial charge < -0.3 is 0 Å². The second-order valence-corrected chi connectivity index (χ2v) is 6.12. The second-order valence-electron chi connectivity index (χ2n) is 3.80. The highest BCUT2D eigenvalue weighted by molar-refractivity contribution is 7.89. The van der Waals surface area contributed by atoms with Crippen molar-refractivity contribution < 1.29 is 8.42 Å². The largest absolute Gasteiger partial charge is 0.215 e. The molecule has 0 aliphatic carbocycles. The van der Waals surface area contributed by atoms with E-state index in [9.17, 15) is 13.7 Å². The van der Waals surface area contributed by atoms with Crippen LogP contribution in [0, 0.1) is 18.3 Å². The summed E-state index contributed by atoms with van der Waals surface area (Å²) >= 11 is 0. The minimum absolute atomic E-state index is 0.00639. The number of sulfonamides is 1. The molecule has 1 aromatic carbocycles. The highest BCUT2D eigenvalue weighted by Gasteiger charge is 2.26. The van der Waals surface area contributed by atoms with Crippen molar-refractivity contribution in [2.24, 2.45) is 0 Å². The summed E-state index contributed by atoms with van der Waals surface area (Å²) in [6, 6.07) is 8.60. The Morgan fingerprint density at radius 2 is 2.00 bits per heavy atom. The van der Waals surface area contributed by atoms with Gasteiger partial charge in [-0.15, -0.1) is 0 Å². The van der Waals surface area contributed by atoms with Crippen LogP contribution in [0.5, 0.6) is 0 Å². The summed E-state index contributed by atoms with van der Waals surface area (Å²) in [6.45, 7) is 3.43. The molecule has 0 aliphatic heterocycles. The molecule has 0 aliphatic rings. The maximum Gasteiger partial charge on any atom is 0.215 e. The Balaban J connectivity index is 3.19. The van der Waals surface area contributed by atoms with Gasteiger partial charge in [-0.3, -0.25) is 0 Å². The molecule has 92 valence electrons. The zero-order valence-corrected chi connectivity index (χ0v) is 11.0. The van der Waals surface area contributed by atoms with Crippen LogP contribution in [0.3, 0.4) is 0 Å². The molecule has 0 amide bonds. The van der Waals surface area contributed by atoms with Gasteiger partial charge in [-0.05, 0) is 25.0 Å². The van der Waals surface area contributed by atoms with Crippen molar-refractivity contribution in [1.29, 1.82) is 5.26 Å². The summed E-state index contributed by atoms with van der Waals surface area (Å²) in [5.74, 6) is -0.00639. The van der Waals surface area contributed by atoms with E-state index < -0.39 is 16.1 Å². The van der Waals surface area contributed by atoms with Gasteiger partial charge in [-0.1, -0.05) is 24.3 Å². The number of rotatable bonds is 4. The van der Waals surface area contributed by atoms with Gasteiger partial charge in [0.2, 0.25) is 10.0 Å². The van der Waals surface area contributed by atoms with E-state index in [1.807, 2.05) is 25.1 Å². The van der Waals surface area contributed by atoms with E-state index in [4.69, 9.17) is 0 Å². The normalized spacial score (nSPS) is 13.4. The van der Waals surface area contributed by atoms with Crippen LogP contribution in [0.1, 0.15) is 24.1 Å². The summed E-state index contributed by atoms with van der Waals surface area (Å²) < 4.78 is 24.7. The Labute approximate surface area is 103 Å². The van der Waals surface area contributed by atoms with Gasteiger partial charge in [0.15, 0.2) is 0 Å². The highest BCUT2D eigenvalue weighted by Crippen LogP contribution is 2.24. The van der Waals surface area contributed by atoms with Crippen LogP contribution in [0.15, 0.2) is 24.3 Å². The van der Waals surface area contributed by atoms with Crippen LogP contribution in [0.2, 0.25) is 0 Å². The molecule has 0 bridgehead atoms. The Kier molecular flexibility index (Phi) is 4.27. The number of nitrogens with zero attached hydrogens (tertiary/aromatic N) is 2. The van der Waals surface area contributed by atoms with Gasteiger partial charge in [0, 0.05) is 7.05 Å². The Morgan fingerprint density at radius 1 is 1.41 bits per heavy atom. The molecule has 0 saturated heterocycles. The van der Waals surface area contributed by atoms with Gasteiger partial charge in [0.05, 0.1) is 11.8 Å². The quantitative estimate of drug-likeness (QED) is 0.821. The smallest absolute Gasteiger partial charge is 0.212 e. The lowest BCUT2D eigenvalue weighted by molar-refractivity contribution is 0.432. The van der Waals surface area contributed by atoms with Crippen LogP contribution in [-0.4, -0.2) is 25.5 Å². The monoisotopic (exact) mass is 252 g/mol. The summed E-state index contributed by atoms with van der Waals surface area (Å²) in [6.07, 6.45) is 0. The first-order chi connectivity index (χ1) is 7.94. The molecule has 0 N–H and O–H groups in total. The van der Waals surface area contributed by atoms with E-state index in [0.717, 1.165) is 15.4 Å². The average Bonchev–Trinajstić information content (AvgIpc) is 2.32. The summed E-state index contributed by atoms with van der Waals surface area (Å²) in [5.41, 5.74) is 1.65. The molecule has 0 heterocycles. The van der Waals surface area contributed by atoms with Crippen LogP contribution in [0.25, 0.3) is 0 Å². The fraction of sp³-hybridized carbons (Fsp3) is 0.417. The summed E-state index contributed by atoms with van der Waals surface area (Å²) in [5, 5.41) is 9.18. The number of benzene rings is 1. The predicted molar refractivity (Wildman–Crippen MR) is 66.8 cm³/mol. The minimum Gasteiger partial charge on any atom is -0.212 e. The van der Waals surface area contributed by atoms with Gasteiger partial charge in [0.1, 0.15) is 6.04 Å². The molecule has 1 atom stereocenters. The molecule has 4 nitrogen and oxygen atoms in total. The zero-order chi connectivity index (χ0) is 13.1. The van der Waals surface area contributed by atoms with E-state index in [2.05, 4.69) is 0 Å². The lowest BCUT2D eigenvalue weighted by Gasteiger charge is -2.22. The van der Waals surface area contributed by atoms with Gasteiger partial charge in [-0.2, -0.15) is 9.57 Å². The van der Waals surface area contributed by atoms with E-state index in [0.29, 0.717) is 0 Å². The highest BCUT2D eigenvalue weighted by atomic mass is 32.2. The Bertz CT molecular complexity index is 532. The first kappa shape index (κ1) is 13.7. The van der Waals surface area contributed by atoms with E-state index >= 15 is 0 Å². The first-order valence-corrected chi connectivity index (χ1v) is 6.95. The van der Waals surface area contributed by atoms with Crippen molar-refractivity contribution in [3.05, 3.63) is 35.4 Å². The lowest BCUT2D eigenvalue weighted by atomic mass is 10.0. The molecule has 0 saturated carbocycles. The summed E-state index contributed by atoms with van der Waals surface area (Å²) in [4.78, 5) is 0. The molecule has 17 heavy (non-hydrogen) atoms. The SMILES string of the molecule is CCS(=O)(=O)N(C)C(C#N)c1ccccc1C. The van der Waals surface area contributed by atoms with E-state index in [1.165, 1.54) is 7.05 Å². The predicted octanol–water partition coefficient (Wildman–Crippen LogP) is 1.84. The number of hydrogen-bond donors (Lipinski definition) is 0. The fourth-order valence-electron chi connectivity index (χ4n) is 1.60. The van der Waals surface area contributed by atoms with Crippen molar-refractivity contribution in [2.75, 3.05) is 12.8 Å². The molecule has 1 rings (SSSR count). The van der Waals surface area contributed by atoms with Crippen molar-refractivity contribution in [3.63, 3.8) is 0 Å². The molecule has 0 radical (unpaired) electrons. The Morgan fingerprint density at radius 3 is 2.47 bits per heavy atom. The van der Waals surface area contributed by atoms with Crippen molar-refractivity contribution in [1.82, 2.24) is 4.31 Å². The maximum absolute atomic E-state index is 11.8. The van der Waals surface area contributed by atoms with E-state index in [1.54, 1.807) is 19.1 Å². The standard InChI is InChI=1S/C12H16N2O2S/c1-4-17(15,16)14(3)12(9-13)11-8-6-5-7-10(11)2/h5-8,12H,4H2,1-3H3. The fourth-order valence-corrected chi connectivity index (χ4v) is 2.49. The molecule has 0 fully saturated rings. The number of aryl methyl sites for hydroxylation is 1. The molecular weight excluding hydrogens is 236 g/mol. The molecule has 1 unspecified atom stereocenters. The first-order valence-electron chi connectivity index (χ1n) is 5.35. The Hall–Kier alpha value is -1.38. The van der Waals surface area contributed by atoms with Crippen molar-refractivity contribution >= 4 is 10.0 Å². The third-order valence-electron chi connectivity index (χ3n) is 2.77. The number of nitriles is 1. The molecule has 0 aromatic heterocycles. The van der Waals surface area contributed by atoms with Crippen LogP contribution in [0.4, 0.5) is 0 Å².